The zero-order valence-electron chi connectivity index (χ0n) is 10.9. The van der Waals surface area contributed by atoms with E-state index in [1.807, 2.05) is 35.2 Å². The Morgan fingerprint density at radius 3 is 2.26 bits per heavy atom. The Kier molecular flexibility index (Phi) is 4.52. The number of hydrogen-bond acceptors (Lipinski definition) is 3. The van der Waals surface area contributed by atoms with E-state index in [0.717, 1.165) is 18.7 Å². The lowest BCUT2D eigenvalue weighted by Crippen LogP contribution is -2.49. The average molecular weight is 261 g/mol. The molecule has 1 saturated heterocycles. The minimum atomic E-state index is -0.275. The van der Waals surface area contributed by atoms with E-state index in [2.05, 4.69) is 4.90 Å². The molecule has 1 aromatic carbocycles. The first-order chi connectivity index (χ1) is 9.16. The molecule has 1 fully saturated rings. The molecule has 19 heavy (non-hydrogen) atoms. The first-order valence-electron chi connectivity index (χ1n) is 6.52. The number of nitrogens with two attached hydrogens (primary N) is 1. The van der Waals surface area contributed by atoms with Gasteiger partial charge in [-0.1, -0.05) is 18.2 Å². The van der Waals surface area contributed by atoms with Crippen molar-refractivity contribution in [2.75, 3.05) is 32.7 Å². The standard InChI is InChI=1S/C14H19N3O2/c15-13(18)6-7-16-8-10-17(11-9-16)14(19)12-4-2-1-3-5-12/h1-5H,6-11H2,(H2,15,18). The minimum Gasteiger partial charge on any atom is -0.370 e. The predicted molar refractivity (Wildman–Crippen MR) is 72.6 cm³/mol. The van der Waals surface area contributed by atoms with Gasteiger partial charge in [-0.15, -0.1) is 0 Å². The van der Waals surface area contributed by atoms with Crippen LogP contribution in [0.25, 0.3) is 0 Å². The molecule has 1 aliphatic heterocycles. The number of carbonyl (C=O) groups excluding carboxylic acids is 2. The molecular formula is C14H19N3O2. The van der Waals surface area contributed by atoms with Crippen LogP contribution in [0.1, 0.15) is 16.8 Å². The Labute approximate surface area is 113 Å². The lowest BCUT2D eigenvalue weighted by Gasteiger charge is -2.34. The summed E-state index contributed by atoms with van der Waals surface area (Å²) in [5.41, 5.74) is 5.86. The molecule has 0 saturated carbocycles. The summed E-state index contributed by atoms with van der Waals surface area (Å²) < 4.78 is 0. The highest BCUT2D eigenvalue weighted by Crippen LogP contribution is 2.08. The smallest absolute Gasteiger partial charge is 0.253 e. The van der Waals surface area contributed by atoms with Gasteiger partial charge in [0.2, 0.25) is 5.91 Å². The highest BCUT2D eigenvalue weighted by Gasteiger charge is 2.21. The fraction of sp³-hybridized carbons (Fsp3) is 0.429. The molecule has 0 aliphatic carbocycles. The van der Waals surface area contributed by atoms with Crippen molar-refractivity contribution in [3.05, 3.63) is 35.9 Å². The largest absolute Gasteiger partial charge is 0.370 e. The summed E-state index contributed by atoms with van der Waals surface area (Å²) in [6.07, 6.45) is 0.382. The third-order valence-electron chi connectivity index (χ3n) is 3.35. The van der Waals surface area contributed by atoms with Crippen molar-refractivity contribution in [2.24, 2.45) is 5.73 Å². The first kappa shape index (κ1) is 13.5. The second-order valence-electron chi connectivity index (χ2n) is 4.72. The number of benzene rings is 1. The molecule has 2 amide bonds. The van der Waals surface area contributed by atoms with Crippen molar-refractivity contribution in [3.8, 4) is 0 Å². The van der Waals surface area contributed by atoms with Crippen LogP contribution in [0.15, 0.2) is 30.3 Å². The molecule has 2 N–H and O–H groups in total. The van der Waals surface area contributed by atoms with E-state index < -0.39 is 0 Å². The second-order valence-corrected chi connectivity index (χ2v) is 4.72. The van der Waals surface area contributed by atoms with Crippen LogP contribution in [0, 0.1) is 0 Å². The molecule has 1 aliphatic rings. The summed E-state index contributed by atoms with van der Waals surface area (Å²) in [4.78, 5) is 27.0. The van der Waals surface area contributed by atoms with E-state index in [0.29, 0.717) is 26.1 Å². The van der Waals surface area contributed by atoms with Gasteiger partial charge in [-0.2, -0.15) is 0 Å². The van der Waals surface area contributed by atoms with Crippen molar-refractivity contribution in [2.45, 2.75) is 6.42 Å². The number of amides is 2. The fourth-order valence-corrected chi connectivity index (χ4v) is 2.21. The Hall–Kier alpha value is -1.88. The number of carbonyl (C=O) groups is 2. The molecule has 0 bridgehead atoms. The molecule has 1 aromatic rings. The predicted octanol–water partition coefficient (Wildman–Crippen LogP) is 0.320. The van der Waals surface area contributed by atoms with Gasteiger partial charge in [0.1, 0.15) is 0 Å². The number of nitrogens with zero attached hydrogens (tertiary/aromatic N) is 2. The van der Waals surface area contributed by atoms with Crippen LogP contribution in [-0.2, 0) is 4.79 Å². The number of piperazine rings is 1. The topological polar surface area (TPSA) is 66.6 Å². The van der Waals surface area contributed by atoms with Crippen molar-refractivity contribution in [1.29, 1.82) is 0 Å². The molecule has 5 heteroatoms. The third-order valence-corrected chi connectivity index (χ3v) is 3.35. The van der Waals surface area contributed by atoms with E-state index in [1.54, 1.807) is 0 Å². The Morgan fingerprint density at radius 1 is 1.05 bits per heavy atom. The van der Waals surface area contributed by atoms with E-state index in [-0.39, 0.29) is 11.8 Å². The zero-order chi connectivity index (χ0) is 13.7. The first-order valence-corrected chi connectivity index (χ1v) is 6.52. The number of rotatable bonds is 4. The van der Waals surface area contributed by atoms with Crippen LogP contribution in [0.2, 0.25) is 0 Å². The SMILES string of the molecule is NC(=O)CCN1CCN(C(=O)c2ccccc2)CC1. The lowest BCUT2D eigenvalue weighted by atomic mass is 10.2. The molecule has 0 aromatic heterocycles. The molecule has 0 unspecified atom stereocenters. The van der Waals surface area contributed by atoms with Crippen molar-refractivity contribution in [3.63, 3.8) is 0 Å². The summed E-state index contributed by atoms with van der Waals surface area (Å²) in [5, 5.41) is 0. The summed E-state index contributed by atoms with van der Waals surface area (Å²) >= 11 is 0. The van der Waals surface area contributed by atoms with E-state index in [4.69, 9.17) is 5.73 Å². The molecule has 2 rings (SSSR count). The molecule has 102 valence electrons. The van der Waals surface area contributed by atoms with Crippen molar-refractivity contribution in [1.82, 2.24) is 9.80 Å². The quantitative estimate of drug-likeness (QED) is 0.849. The Bertz CT molecular complexity index is 439. The fourth-order valence-electron chi connectivity index (χ4n) is 2.21. The molecule has 5 nitrogen and oxygen atoms in total. The maximum absolute atomic E-state index is 12.2. The van der Waals surface area contributed by atoms with Crippen LogP contribution < -0.4 is 5.73 Å². The highest BCUT2D eigenvalue weighted by molar-refractivity contribution is 5.94. The van der Waals surface area contributed by atoms with Crippen molar-refractivity contribution < 1.29 is 9.59 Å². The second kappa shape index (κ2) is 6.33. The van der Waals surface area contributed by atoms with Crippen LogP contribution in [0.5, 0.6) is 0 Å². The van der Waals surface area contributed by atoms with Gasteiger partial charge in [0.05, 0.1) is 0 Å². The minimum absolute atomic E-state index is 0.0788. The van der Waals surface area contributed by atoms with Crippen LogP contribution in [-0.4, -0.2) is 54.3 Å². The maximum Gasteiger partial charge on any atom is 0.253 e. The van der Waals surface area contributed by atoms with Crippen LogP contribution in [0.3, 0.4) is 0 Å². The maximum atomic E-state index is 12.2. The van der Waals surface area contributed by atoms with E-state index >= 15 is 0 Å². The normalized spacial score (nSPS) is 16.3. The summed E-state index contributed by atoms with van der Waals surface area (Å²) in [6.45, 7) is 3.68. The highest BCUT2D eigenvalue weighted by atomic mass is 16.2. The van der Waals surface area contributed by atoms with Gasteiger partial charge in [0.15, 0.2) is 0 Å². The Balaban J connectivity index is 1.83. The van der Waals surface area contributed by atoms with Crippen LogP contribution >= 0.6 is 0 Å². The third kappa shape index (κ3) is 3.79. The number of primary amides is 1. The van der Waals surface area contributed by atoms with Gasteiger partial charge in [-0.05, 0) is 12.1 Å². The van der Waals surface area contributed by atoms with Gasteiger partial charge in [0.25, 0.3) is 5.91 Å². The monoisotopic (exact) mass is 261 g/mol. The summed E-state index contributed by atoms with van der Waals surface area (Å²) in [5.74, 6) is -0.196. The van der Waals surface area contributed by atoms with Gasteiger partial charge in [-0.3, -0.25) is 14.5 Å². The van der Waals surface area contributed by atoms with Gasteiger partial charge in [0, 0.05) is 44.7 Å². The summed E-state index contributed by atoms with van der Waals surface area (Å²) in [6, 6.07) is 9.31. The molecular weight excluding hydrogens is 242 g/mol. The van der Waals surface area contributed by atoms with E-state index in [1.165, 1.54) is 0 Å². The van der Waals surface area contributed by atoms with Gasteiger partial charge in [-0.25, -0.2) is 0 Å². The van der Waals surface area contributed by atoms with Gasteiger partial charge >= 0.3 is 0 Å². The molecule has 0 atom stereocenters. The van der Waals surface area contributed by atoms with Crippen LogP contribution in [0.4, 0.5) is 0 Å². The lowest BCUT2D eigenvalue weighted by molar-refractivity contribution is -0.118. The zero-order valence-corrected chi connectivity index (χ0v) is 10.9. The number of hydrogen-bond donors (Lipinski definition) is 1. The molecule has 1 heterocycles. The average Bonchev–Trinajstić information content (AvgIpc) is 2.46. The molecule has 0 spiro atoms. The van der Waals surface area contributed by atoms with Crippen molar-refractivity contribution >= 4 is 11.8 Å². The molecule has 0 radical (unpaired) electrons. The Morgan fingerprint density at radius 2 is 1.68 bits per heavy atom. The summed E-state index contributed by atoms with van der Waals surface area (Å²) in [7, 11) is 0. The van der Waals surface area contributed by atoms with E-state index in [9.17, 15) is 9.59 Å². The van der Waals surface area contributed by atoms with Gasteiger partial charge < -0.3 is 10.6 Å².